The van der Waals surface area contributed by atoms with Gasteiger partial charge in [0.05, 0.1) is 11.2 Å². The predicted octanol–water partition coefficient (Wildman–Crippen LogP) is 4.34. The molecule has 1 heterocycles. The Kier molecular flexibility index (Phi) is 4.05. The molecule has 1 aromatic carbocycles. The van der Waals surface area contributed by atoms with Gasteiger partial charge in [-0.25, -0.2) is 0 Å². The fraction of sp³-hybridized carbons (Fsp3) is 0.471. The summed E-state index contributed by atoms with van der Waals surface area (Å²) in [7, 11) is 0. The highest BCUT2D eigenvalue weighted by Crippen LogP contribution is 2.28. The first-order chi connectivity index (χ1) is 9.84. The normalized spacial score (nSPS) is 17.6. The summed E-state index contributed by atoms with van der Waals surface area (Å²) < 4.78 is 0. The van der Waals surface area contributed by atoms with Gasteiger partial charge in [0.15, 0.2) is 0 Å². The fourth-order valence-electron chi connectivity index (χ4n) is 3.15. The molecule has 0 radical (unpaired) electrons. The Balaban J connectivity index is 1.84. The molecule has 20 heavy (non-hydrogen) atoms. The highest BCUT2D eigenvalue weighted by molar-refractivity contribution is 5.97. The maximum absolute atomic E-state index is 6.01. The monoisotopic (exact) mass is 269 g/mol. The van der Waals surface area contributed by atoms with Crippen LogP contribution in [0.5, 0.6) is 0 Å². The third-order valence-corrected chi connectivity index (χ3v) is 4.27. The summed E-state index contributed by atoms with van der Waals surface area (Å²) in [5.74, 6) is 0. The summed E-state index contributed by atoms with van der Waals surface area (Å²) in [5, 5.41) is 4.86. The molecule has 0 atom stereocenters. The van der Waals surface area contributed by atoms with Crippen LogP contribution < -0.4 is 11.1 Å². The summed E-state index contributed by atoms with van der Waals surface area (Å²) in [6.45, 7) is 0. The fourth-order valence-corrected chi connectivity index (χ4v) is 3.15. The van der Waals surface area contributed by atoms with E-state index in [1.54, 1.807) is 0 Å². The van der Waals surface area contributed by atoms with E-state index in [9.17, 15) is 0 Å². The Bertz CT molecular complexity index is 571. The molecular weight excluding hydrogens is 246 g/mol. The number of fused-ring (bicyclic) bond motifs is 1. The zero-order valence-corrected chi connectivity index (χ0v) is 11.9. The number of hydrogen-bond acceptors (Lipinski definition) is 3. The van der Waals surface area contributed by atoms with Crippen LogP contribution in [0.1, 0.15) is 44.9 Å². The van der Waals surface area contributed by atoms with Gasteiger partial charge in [-0.2, -0.15) is 0 Å². The zero-order valence-electron chi connectivity index (χ0n) is 11.9. The second-order valence-corrected chi connectivity index (χ2v) is 5.79. The SMILES string of the molecule is Nc1cccc2c(NC3CCCCCCC3)ccnc12. The molecule has 0 aliphatic heterocycles. The summed E-state index contributed by atoms with van der Waals surface area (Å²) in [6.07, 6.45) is 11.2. The van der Waals surface area contributed by atoms with Crippen LogP contribution in [0, 0.1) is 0 Å². The minimum atomic E-state index is 0.585. The van der Waals surface area contributed by atoms with E-state index in [1.807, 2.05) is 18.3 Å². The number of nitrogens with two attached hydrogens (primary N) is 1. The van der Waals surface area contributed by atoms with Crippen LogP contribution in [0.15, 0.2) is 30.5 Å². The minimum absolute atomic E-state index is 0.585. The van der Waals surface area contributed by atoms with Gasteiger partial charge in [-0.3, -0.25) is 4.98 Å². The van der Waals surface area contributed by atoms with Crippen molar-refractivity contribution in [1.29, 1.82) is 0 Å². The lowest BCUT2D eigenvalue weighted by Gasteiger charge is -2.23. The van der Waals surface area contributed by atoms with Gasteiger partial charge in [-0.15, -0.1) is 0 Å². The molecule has 1 aliphatic rings. The Labute approximate surface area is 120 Å². The number of anilines is 2. The molecule has 0 spiro atoms. The van der Waals surface area contributed by atoms with Crippen LogP contribution in [-0.4, -0.2) is 11.0 Å². The van der Waals surface area contributed by atoms with Gasteiger partial charge in [-0.1, -0.05) is 44.2 Å². The lowest BCUT2D eigenvalue weighted by atomic mass is 9.96. The van der Waals surface area contributed by atoms with Gasteiger partial charge in [0.25, 0.3) is 0 Å². The van der Waals surface area contributed by atoms with Gasteiger partial charge in [0.2, 0.25) is 0 Å². The molecule has 0 saturated heterocycles. The average molecular weight is 269 g/mol. The van der Waals surface area contributed by atoms with Crippen LogP contribution in [0.2, 0.25) is 0 Å². The lowest BCUT2D eigenvalue weighted by molar-refractivity contribution is 0.471. The van der Waals surface area contributed by atoms with Crippen LogP contribution in [-0.2, 0) is 0 Å². The van der Waals surface area contributed by atoms with Crippen molar-refractivity contribution in [3.8, 4) is 0 Å². The van der Waals surface area contributed by atoms with E-state index < -0.39 is 0 Å². The molecule has 3 heteroatoms. The molecular formula is C17H23N3. The van der Waals surface area contributed by atoms with Crippen molar-refractivity contribution in [3.05, 3.63) is 30.5 Å². The van der Waals surface area contributed by atoms with Crippen molar-refractivity contribution in [2.75, 3.05) is 11.1 Å². The Morgan fingerprint density at radius 3 is 2.55 bits per heavy atom. The largest absolute Gasteiger partial charge is 0.397 e. The highest BCUT2D eigenvalue weighted by atomic mass is 14.9. The van der Waals surface area contributed by atoms with E-state index in [0.29, 0.717) is 6.04 Å². The molecule has 0 amide bonds. The zero-order chi connectivity index (χ0) is 13.8. The van der Waals surface area contributed by atoms with Crippen molar-refractivity contribution in [2.45, 2.75) is 51.0 Å². The van der Waals surface area contributed by atoms with Crippen molar-refractivity contribution in [1.82, 2.24) is 4.98 Å². The van der Waals surface area contributed by atoms with Crippen molar-refractivity contribution in [2.24, 2.45) is 0 Å². The molecule has 3 N–H and O–H groups in total. The van der Waals surface area contributed by atoms with Gasteiger partial charge in [0.1, 0.15) is 0 Å². The van der Waals surface area contributed by atoms with E-state index in [2.05, 4.69) is 22.4 Å². The summed E-state index contributed by atoms with van der Waals surface area (Å²) in [5.41, 5.74) is 8.85. The summed E-state index contributed by atoms with van der Waals surface area (Å²) in [4.78, 5) is 4.40. The first-order valence-electron chi connectivity index (χ1n) is 7.74. The van der Waals surface area contributed by atoms with Gasteiger partial charge in [0, 0.05) is 23.3 Å². The Hall–Kier alpha value is -1.77. The number of nitrogen functional groups attached to an aromatic ring is 1. The lowest BCUT2D eigenvalue weighted by Crippen LogP contribution is -2.20. The average Bonchev–Trinajstić information content (AvgIpc) is 2.43. The van der Waals surface area contributed by atoms with Crippen LogP contribution >= 0.6 is 0 Å². The third kappa shape index (κ3) is 2.87. The third-order valence-electron chi connectivity index (χ3n) is 4.27. The topological polar surface area (TPSA) is 50.9 Å². The van der Waals surface area contributed by atoms with E-state index in [0.717, 1.165) is 16.6 Å². The van der Waals surface area contributed by atoms with E-state index in [-0.39, 0.29) is 0 Å². The van der Waals surface area contributed by atoms with Crippen molar-refractivity contribution >= 4 is 22.3 Å². The van der Waals surface area contributed by atoms with E-state index in [4.69, 9.17) is 5.73 Å². The molecule has 106 valence electrons. The summed E-state index contributed by atoms with van der Waals surface area (Å²) >= 11 is 0. The van der Waals surface area contributed by atoms with Crippen molar-refractivity contribution in [3.63, 3.8) is 0 Å². The van der Waals surface area contributed by atoms with Gasteiger partial charge < -0.3 is 11.1 Å². The Morgan fingerprint density at radius 2 is 1.75 bits per heavy atom. The summed E-state index contributed by atoms with van der Waals surface area (Å²) in [6, 6.07) is 8.67. The maximum atomic E-state index is 6.01. The number of nitrogens with one attached hydrogen (secondary N) is 1. The molecule has 0 bridgehead atoms. The number of aromatic nitrogens is 1. The van der Waals surface area contributed by atoms with Crippen LogP contribution in [0.3, 0.4) is 0 Å². The quantitative estimate of drug-likeness (QED) is 0.797. The van der Waals surface area contributed by atoms with Crippen molar-refractivity contribution < 1.29 is 0 Å². The van der Waals surface area contributed by atoms with Gasteiger partial charge >= 0.3 is 0 Å². The standard InChI is InChI=1S/C17H23N3/c18-15-10-6-9-14-16(11-12-19-17(14)15)20-13-7-4-2-1-3-5-8-13/h6,9-13H,1-5,7-8,18H2,(H,19,20). The molecule has 1 aromatic heterocycles. The molecule has 1 fully saturated rings. The van der Waals surface area contributed by atoms with Crippen LogP contribution in [0.25, 0.3) is 10.9 Å². The first-order valence-corrected chi connectivity index (χ1v) is 7.74. The predicted molar refractivity (Wildman–Crippen MR) is 85.9 cm³/mol. The molecule has 3 rings (SSSR count). The minimum Gasteiger partial charge on any atom is -0.397 e. The Morgan fingerprint density at radius 1 is 1.00 bits per heavy atom. The number of nitrogens with zero attached hydrogens (tertiary/aromatic N) is 1. The molecule has 2 aromatic rings. The first kappa shape index (κ1) is 13.2. The number of para-hydroxylation sites is 1. The second kappa shape index (κ2) is 6.12. The van der Waals surface area contributed by atoms with Crippen LogP contribution in [0.4, 0.5) is 11.4 Å². The highest BCUT2D eigenvalue weighted by Gasteiger charge is 2.13. The molecule has 0 unspecified atom stereocenters. The number of rotatable bonds is 2. The molecule has 1 aliphatic carbocycles. The van der Waals surface area contributed by atoms with E-state index >= 15 is 0 Å². The van der Waals surface area contributed by atoms with E-state index in [1.165, 1.54) is 50.6 Å². The smallest absolute Gasteiger partial charge is 0.0951 e. The maximum Gasteiger partial charge on any atom is 0.0951 e. The molecule has 3 nitrogen and oxygen atoms in total. The number of hydrogen-bond donors (Lipinski definition) is 2. The second-order valence-electron chi connectivity index (χ2n) is 5.79. The number of benzene rings is 1. The number of pyridine rings is 1. The van der Waals surface area contributed by atoms with Gasteiger partial charge in [-0.05, 0) is 25.0 Å². The molecule has 1 saturated carbocycles.